The maximum absolute atomic E-state index is 12.8. The van der Waals surface area contributed by atoms with E-state index in [1.807, 2.05) is 30.3 Å². The number of amides is 3. The van der Waals surface area contributed by atoms with E-state index < -0.39 is 33.2 Å². The molecule has 2 atom stereocenters. The number of benzene rings is 2. The van der Waals surface area contributed by atoms with E-state index >= 15 is 0 Å². The molecule has 2 fully saturated rings. The lowest BCUT2D eigenvalue weighted by atomic mass is 9.82. The summed E-state index contributed by atoms with van der Waals surface area (Å²) in [5.41, 5.74) is 0.600. The lowest BCUT2D eigenvalue weighted by molar-refractivity contribution is -0.142. The van der Waals surface area contributed by atoms with Crippen LogP contribution in [0.5, 0.6) is 0 Å². The SMILES string of the molecule is [C-]#[N+]C1(c2ccccc2)CCN(C(=O)Nc2ccc(CC(NC(=O)C3(C)CC3(Cl)Cl)C(=O)O)cc2)CC1. The number of hydrogen-bond acceptors (Lipinski definition) is 3. The number of urea groups is 1. The molecule has 1 heterocycles. The lowest BCUT2D eigenvalue weighted by Crippen LogP contribution is -2.46. The Morgan fingerprint density at radius 3 is 2.19 bits per heavy atom. The molecule has 1 aliphatic heterocycles. The van der Waals surface area contributed by atoms with E-state index in [2.05, 4.69) is 15.5 Å². The van der Waals surface area contributed by atoms with E-state index in [0.29, 0.717) is 37.2 Å². The number of piperidine rings is 1. The van der Waals surface area contributed by atoms with Crippen molar-refractivity contribution in [3.63, 3.8) is 0 Å². The van der Waals surface area contributed by atoms with Gasteiger partial charge in [0.2, 0.25) is 5.91 Å². The molecule has 1 aliphatic carbocycles. The van der Waals surface area contributed by atoms with Gasteiger partial charge in [0.15, 0.2) is 0 Å². The Kier molecular flexibility index (Phi) is 7.40. The van der Waals surface area contributed by atoms with Gasteiger partial charge >= 0.3 is 12.0 Å². The Hall–Kier alpha value is -3.28. The lowest BCUT2D eigenvalue weighted by Gasteiger charge is -2.34. The number of hydrogen-bond donors (Lipinski definition) is 3. The first-order chi connectivity index (χ1) is 17.5. The minimum Gasteiger partial charge on any atom is -0.480 e. The first-order valence-electron chi connectivity index (χ1n) is 12.0. The van der Waals surface area contributed by atoms with Crippen LogP contribution in [0.2, 0.25) is 0 Å². The molecule has 2 unspecified atom stereocenters. The third-order valence-corrected chi connectivity index (χ3v) is 8.51. The second-order valence-electron chi connectivity index (χ2n) is 9.91. The van der Waals surface area contributed by atoms with Gasteiger partial charge in [0.1, 0.15) is 10.4 Å². The van der Waals surface area contributed by atoms with Gasteiger partial charge in [-0.1, -0.05) is 42.5 Å². The number of carboxylic acids is 1. The standard InChI is InChI=1S/C27H28Cl2N4O4/c1-25(17-27(25,28)29)23(36)32-21(22(34)35)16-18-8-10-20(11-9-18)31-24(37)33-14-12-26(30-2,13-15-33)19-6-4-3-5-7-19/h3-11,21H,12-17H2,1H3,(H,31,37)(H,32,36)(H,34,35). The molecular weight excluding hydrogens is 515 g/mol. The van der Waals surface area contributed by atoms with Crippen LogP contribution in [0.25, 0.3) is 4.85 Å². The van der Waals surface area contributed by atoms with Gasteiger partial charge in [-0.25, -0.2) is 16.2 Å². The number of alkyl halides is 2. The minimum absolute atomic E-state index is 0.0628. The molecule has 2 aromatic rings. The number of anilines is 1. The first-order valence-corrected chi connectivity index (χ1v) is 12.8. The Labute approximate surface area is 225 Å². The summed E-state index contributed by atoms with van der Waals surface area (Å²) < 4.78 is -1.19. The number of rotatable bonds is 7. The van der Waals surface area contributed by atoms with Crippen LogP contribution in [0.3, 0.4) is 0 Å². The predicted octanol–water partition coefficient (Wildman–Crippen LogP) is 4.82. The summed E-state index contributed by atoms with van der Waals surface area (Å²) >= 11 is 12.1. The molecule has 2 aromatic carbocycles. The molecular formula is C27H28Cl2N4O4. The van der Waals surface area contributed by atoms with Crippen molar-refractivity contribution >= 4 is 46.8 Å². The molecule has 0 spiro atoms. The van der Waals surface area contributed by atoms with Crippen molar-refractivity contribution in [2.24, 2.45) is 5.41 Å². The quantitative estimate of drug-likeness (QED) is 0.344. The van der Waals surface area contributed by atoms with Crippen LogP contribution in [-0.4, -0.2) is 51.4 Å². The van der Waals surface area contributed by atoms with Crippen molar-refractivity contribution in [1.29, 1.82) is 0 Å². The molecule has 0 bridgehead atoms. The average Bonchev–Trinajstić information content (AvgIpc) is 3.43. The topological polar surface area (TPSA) is 103 Å². The Morgan fingerprint density at radius 1 is 1.08 bits per heavy atom. The number of halogens is 2. The van der Waals surface area contributed by atoms with E-state index in [-0.39, 0.29) is 18.9 Å². The van der Waals surface area contributed by atoms with Crippen molar-refractivity contribution < 1.29 is 19.5 Å². The van der Waals surface area contributed by atoms with Crippen molar-refractivity contribution in [2.45, 2.75) is 48.5 Å². The van der Waals surface area contributed by atoms with E-state index in [1.165, 1.54) is 0 Å². The molecule has 1 saturated carbocycles. The highest BCUT2D eigenvalue weighted by atomic mass is 35.5. The fourth-order valence-electron chi connectivity index (χ4n) is 4.62. The number of carboxylic acid groups (broad SMARTS) is 1. The number of carbonyl (C=O) groups excluding carboxylic acids is 2. The number of nitrogens with zero attached hydrogens (tertiary/aromatic N) is 2. The fraction of sp³-hybridized carbons (Fsp3) is 0.407. The zero-order valence-corrected chi connectivity index (χ0v) is 21.9. The highest BCUT2D eigenvalue weighted by molar-refractivity contribution is 6.53. The smallest absolute Gasteiger partial charge is 0.326 e. The van der Waals surface area contributed by atoms with Crippen LogP contribution in [0, 0.1) is 12.0 Å². The van der Waals surface area contributed by atoms with Crippen LogP contribution in [0.15, 0.2) is 54.6 Å². The molecule has 3 amide bonds. The van der Waals surface area contributed by atoms with Gasteiger partial charge in [-0.05, 0) is 31.0 Å². The van der Waals surface area contributed by atoms with Crippen molar-refractivity contribution in [2.75, 3.05) is 18.4 Å². The Bertz CT molecular complexity index is 1220. The summed E-state index contributed by atoms with van der Waals surface area (Å²) in [6.45, 7) is 10.3. The summed E-state index contributed by atoms with van der Waals surface area (Å²) in [6, 6.07) is 15.1. The average molecular weight is 543 g/mol. The van der Waals surface area contributed by atoms with Crippen LogP contribution < -0.4 is 10.6 Å². The molecule has 194 valence electrons. The predicted molar refractivity (Wildman–Crippen MR) is 141 cm³/mol. The number of carbonyl (C=O) groups is 3. The second-order valence-corrected chi connectivity index (χ2v) is 11.4. The maximum Gasteiger partial charge on any atom is 0.326 e. The molecule has 0 aromatic heterocycles. The Balaban J connectivity index is 1.32. The summed E-state index contributed by atoms with van der Waals surface area (Å²) in [6.07, 6.45) is 1.44. The third kappa shape index (κ3) is 5.53. The highest BCUT2D eigenvalue weighted by Gasteiger charge is 2.68. The van der Waals surface area contributed by atoms with Crippen LogP contribution >= 0.6 is 23.2 Å². The summed E-state index contributed by atoms with van der Waals surface area (Å²) in [5, 5.41) is 15.0. The van der Waals surface area contributed by atoms with Gasteiger partial charge in [-0.15, -0.1) is 23.2 Å². The highest BCUT2D eigenvalue weighted by Crippen LogP contribution is 2.63. The van der Waals surface area contributed by atoms with Gasteiger partial charge in [-0.3, -0.25) is 4.79 Å². The van der Waals surface area contributed by atoms with Crippen molar-refractivity contribution in [3.8, 4) is 0 Å². The van der Waals surface area contributed by atoms with E-state index in [9.17, 15) is 19.5 Å². The van der Waals surface area contributed by atoms with E-state index in [1.54, 1.807) is 36.1 Å². The zero-order valence-electron chi connectivity index (χ0n) is 20.3. The molecule has 10 heteroatoms. The van der Waals surface area contributed by atoms with Crippen LogP contribution in [-0.2, 0) is 21.5 Å². The zero-order chi connectivity index (χ0) is 26.8. The van der Waals surface area contributed by atoms with Gasteiger partial charge in [0.25, 0.3) is 5.54 Å². The minimum atomic E-state index is -1.19. The molecule has 2 aliphatic rings. The maximum atomic E-state index is 12.8. The van der Waals surface area contributed by atoms with Gasteiger partial charge in [-0.2, -0.15) is 0 Å². The van der Waals surface area contributed by atoms with E-state index in [0.717, 1.165) is 5.56 Å². The van der Waals surface area contributed by atoms with Gasteiger partial charge in [0.05, 0.1) is 5.41 Å². The van der Waals surface area contributed by atoms with Crippen molar-refractivity contribution in [3.05, 3.63) is 77.1 Å². The van der Waals surface area contributed by atoms with Crippen LogP contribution in [0.4, 0.5) is 10.5 Å². The van der Waals surface area contributed by atoms with Crippen molar-refractivity contribution in [1.82, 2.24) is 10.2 Å². The fourth-order valence-corrected chi connectivity index (χ4v) is 5.33. The monoisotopic (exact) mass is 542 g/mol. The molecule has 3 N–H and O–H groups in total. The molecule has 8 nitrogen and oxygen atoms in total. The Morgan fingerprint density at radius 2 is 1.68 bits per heavy atom. The van der Waals surface area contributed by atoms with Gasteiger partial charge in [0, 0.05) is 43.6 Å². The second kappa shape index (κ2) is 10.2. The van der Waals surface area contributed by atoms with E-state index in [4.69, 9.17) is 29.8 Å². The van der Waals surface area contributed by atoms with Gasteiger partial charge < -0.3 is 25.5 Å². The third-order valence-electron chi connectivity index (χ3n) is 7.41. The summed E-state index contributed by atoms with van der Waals surface area (Å²) in [5.74, 6) is -1.66. The molecule has 37 heavy (non-hydrogen) atoms. The molecule has 1 saturated heterocycles. The number of aliphatic carboxylic acids is 1. The van der Waals surface area contributed by atoms with Crippen LogP contribution in [0.1, 0.15) is 37.3 Å². The molecule has 0 radical (unpaired) electrons. The summed E-state index contributed by atoms with van der Waals surface area (Å²) in [4.78, 5) is 42.7. The largest absolute Gasteiger partial charge is 0.480 e. The first kappa shape index (κ1) is 26.8. The number of nitrogens with one attached hydrogen (secondary N) is 2. The summed E-state index contributed by atoms with van der Waals surface area (Å²) in [7, 11) is 0. The normalized spacial score (nSPS) is 22.3. The molecule has 4 rings (SSSR count). The number of likely N-dealkylation sites (tertiary alicyclic amines) is 1.